The summed E-state index contributed by atoms with van der Waals surface area (Å²) in [5.74, 6) is -0.602. The lowest BCUT2D eigenvalue weighted by atomic mass is 9.96. The summed E-state index contributed by atoms with van der Waals surface area (Å²) in [6.07, 6.45) is 0. The van der Waals surface area contributed by atoms with Gasteiger partial charge in [-0.25, -0.2) is 4.39 Å². The number of carbonyl (C=O) groups is 2. The van der Waals surface area contributed by atoms with Gasteiger partial charge in [0.25, 0.3) is 0 Å². The third-order valence-corrected chi connectivity index (χ3v) is 3.85. The smallest absolute Gasteiger partial charge is 0.242 e. The lowest BCUT2D eigenvalue weighted by Gasteiger charge is -2.44. The van der Waals surface area contributed by atoms with E-state index in [1.807, 2.05) is 18.7 Å². The van der Waals surface area contributed by atoms with Crippen LogP contribution in [-0.4, -0.2) is 53.7 Å². The van der Waals surface area contributed by atoms with Crippen LogP contribution in [-0.2, 0) is 4.79 Å². The van der Waals surface area contributed by atoms with Gasteiger partial charge in [0.15, 0.2) is 5.78 Å². The highest BCUT2D eigenvalue weighted by molar-refractivity contribution is 5.98. The van der Waals surface area contributed by atoms with Crippen molar-refractivity contribution in [2.24, 2.45) is 0 Å². The standard InChI is InChI=1S/C15H19FN2O2/c1-15(2)14(20)17(3)7-8-18(15)10-13(19)11-5-4-6-12(16)9-11/h4-6,9H,7-8,10H2,1-3H3. The van der Waals surface area contributed by atoms with E-state index in [2.05, 4.69) is 0 Å². The second kappa shape index (κ2) is 5.32. The summed E-state index contributed by atoms with van der Waals surface area (Å²) in [5.41, 5.74) is -0.372. The van der Waals surface area contributed by atoms with Crippen molar-refractivity contribution in [1.29, 1.82) is 0 Å². The third kappa shape index (κ3) is 2.72. The number of ketones is 1. The van der Waals surface area contributed by atoms with Crippen molar-refractivity contribution in [3.63, 3.8) is 0 Å². The van der Waals surface area contributed by atoms with Crippen LogP contribution in [0, 0.1) is 5.82 Å². The van der Waals surface area contributed by atoms with Crippen molar-refractivity contribution in [3.05, 3.63) is 35.6 Å². The predicted molar refractivity (Wildman–Crippen MR) is 74.0 cm³/mol. The van der Waals surface area contributed by atoms with Gasteiger partial charge in [0.05, 0.1) is 12.1 Å². The van der Waals surface area contributed by atoms with Gasteiger partial charge < -0.3 is 4.90 Å². The molecule has 1 saturated heterocycles. The van der Waals surface area contributed by atoms with Crippen LogP contribution in [0.3, 0.4) is 0 Å². The summed E-state index contributed by atoms with van der Waals surface area (Å²) in [7, 11) is 1.76. The molecule has 5 heteroatoms. The summed E-state index contributed by atoms with van der Waals surface area (Å²) >= 11 is 0. The largest absolute Gasteiger partial charge is 0.343 e. The minimum Gasteiger partial charge on any atom is -0.343 e. The van der Waals surface area contributed by atoms with Crippen LogP contribution in [0.5, 0.6) is 0 Å². The highest BCUT2D eigenvalue weighted by Crippen LogP contribution is 2.22. The zero-order valence-corrected chi connectivity index (χ0v) is 12.0. The van der Waals surface area contributed by atoms with Gasteiger partial charge in [0, 0.05) is 25.7 Å². The number of halogens is 1. The zero-order valence-electron chi connectivity index (χ0n) is 12.0. The number of Topliss-reactive ketones (excluding diaryl/α,β-unsaturated/α-hetero) is 1. The Morgan fingerprint density at radius 3 is 2.70 bits per heavy atom. The van der Waals surface area contributed by atoms with E-state index >= 15 is 0 Å². The maximum atomic E-state index is 13.1. The van der Waals surface area contributed by atoms with Gasteiger partial charge in [-0.05, 0) is 26.0 Å². The molecule has 2 rings (SSSR count). The summed E-state index contributed by atoms with van der Waals surface area (Å²) in [6, 6.07) is 5.65. The Balaban J connectivity index is 2.13. The van der Waals surface area contributed by atoms with Crippen LogP contribution in [0.4, 0.5) is 4.39 Å². The number of benzene rings is 1. The van der Waals surface area contributed by atoms with E-state index in [1.54, 1.807) is 18.0 Å². The molecule has 4 nitrogen and oxygen atoms in total. The second-order valence-corrected chi connectivity index (χ2v) is 5.64. The fourth-order valence-corrected chi connectivity index (χ4v) is 2.46. The first kappa shape index (κ1) is 14.7. The SMILES string of the molecule is CN1CCN(CC(=O)c2cccc(F)c2)C(C)(C)C1=O. The van der Waals surface area contributed by atoms with Gasteiger partial charge in [-0.15, -0.1) is 0 Å². The molecule has 0 unspecified atom stereocenters. The molecule has 1 aromatic carbocycles. The first-order chi connectivity index (χ1) is 9.32. The normalized spacial score (nSPS) is 19.2. The quantitative estimate of drug-likeness (QED) is 0.788. The summed E-state index contributed by atoms with van der Waals surface area (Å²) in [4.78, 5) is 27.9. The molecule has 0 aliphatic carbocycles. The molecule has 108 valence electrons. The second-order valence-electron chi connectivity index (χ2n) is 5.64. The maximum absolute atomic E-state index is 13.1. The number of rotatable bonds is 3. The highest BCUT2D eigenvalue weighted by Gasteiger charge is 2.41. The van der Waals surface area contributed by atoms with Crippen molar-refractivity contribution < 1.29 is 14.0 Å². The Hall–Kier alpha value is -1.75. The number of nitrogens with zero attached hydrogens (tertiary/aromatic N) is 2. The van der Waals surface area contributed by atoms with E-state index in [4.69, 9.17) is 0 Å². The zero-order chi connectivity index (χ0) is 14.9. The fourth-order valence-electron chi connectivity index (χ4n) is 2.46. The van der Waals surface area contributed by atoms with Crippen LogP contribution in [0.1, 0.15) is 24.2 Å². The van der Waals surface area contributed by atoms with Crippen LogP contribution in [0.2, 0.25) is 0 Å². The highest BCUT2D eigenvalue weighted by atomic mass is 19.1. The van der Waals surface area contributed by atoms with E-state index in [-0.39, 0.29) is 18.2 Å². The lowest BCUT2D eigenvalue weighted by Crippen LogP contribution is -2.62. The molecule has 0 N–H and O–H groups in total. The molecule has 0 radical (unpaired) electrons. The maximum Gasteiger partial charge on any atom is 0.242 e. The molecule has 1 heterocycles. The minimum absolute atomic E-state index is 0.00390. The van der Waals surface area contributed by atoms with Gasteiger partial charge >= 0.3 is 0 Å². The molecule has 20 heavy (non-hydrogen) atoms. The number of piperazine rings is 1. The molecule has 0 bridgehead atoms. The third-order valence-electron chi connectivity index (χ3n) is 3.85. The van der Waals surface area contributed by atoms with Gasteiger partial charge in [-0.3, -0.25) is 14.5 Å². The number of amides is 1. The monoisotopic (exact) mass is 278 g/mol. The molecular weight excluding hydrogens is 259 g/mol. The van der Waals surface area contributed by atoms with Crippen molar-refractivity contribution in [2.45, 2.75) is 19.4 Å². The Morgan fingerprint density at radius 1 is 1.35 bits per heavy atom. The summed E-state index contributed by atoms with van der Waals surface area (Å²) < 4.78 is 13.1. The molecule has 1 amide bonds. The number of hydrogen-bond donors (Lipinski definition) is 0. The van der Waals surface area contributed by atoms with E-state index < -0.39 is 11.4 Å². The molecule has 0 atom stereocenters. The van der Waals surface area contributed by atoms with Gasteiger partial charge in [0.2, 0.25) is 5.91 Å². The van der Waals surface area contributed by atoms with Crippen molar-refractivity contribution >= 4 is 11.7 Å². The van der Waals surface area contributed by atoms with Crippen LogP contribution < -0.4 is 0 Å². The Morgan fingerprint density at radius 2 is 2.05 bits per heavy atom. The first-order valence-electron chi connectivity index (χ1n) is 6.62. The predicted octanol–water partition coefficient (Wildman–Crippen LogP) is 1.56. The number of carbonyl (C=O) groups excluding carboxylic acids is 2. The van der Waals surface area contributed by atoms with Gasteiger partial charge in [-0.2, -0.15) is 0 Å². The van der Waals surface area contributed by atoms with Gasteiger partial charge in [-0.1, -0.05) is 12.1 Å². The van der Waals surface area contributed by atoms with Crippen molar-refractivity contribution in [2.75, 3.05) is 26.7 Å². The van der Waals surface area contributed by atoms with E-state index in [0.717, 1.165) is 0 Å². The summed E-state index contributed by atoms with van der Waals surface area (Å²) in [5, 5.41) is 0. The lowest BCUT2D eigenvalue weighted by molar-refractivity contribution is -0.146. The molecule has 1 aliphatic rings. The first-order valence-corrected chi connectivity index (χ1v) is 6.62. The minimum atomic E-state index is -0.712. The fraction of sp³-hybridized carbons (Fsp3) is 0.467. The van der Waals surface area contributed by atoms with E-state index in [1.165, 1.54) is 18.2 Å². The Labute approximate surface area is 118 Å². The Bertz CT molecular complexity index is 542. The van der Waals surface area contributed by atoms with Crippen LogP contribution in [0.15, 0.2) is 24.3 Å². The topological polar surface area (TPSA) is 40.6 Å². The molecule has 0 spiro atoms. The average Bonchev–Trinajstić information content (AvgIpc) is 2.40. The molecule has 1 aromatic rings. The van der Waals surface area contributed by atoms with Crippen LogP contribution in [0.25, 0.3) is 0 Å². The molecule has 1 fully saturated rings. The molecule has 0 saturated carbocycles. The van der Waals surface area contributed by atoms with Crippen molar-refractivity contribution in [3.8, 4) is 0 Å². The molecule has 1 aliphatic heterocycles. The average molecular weight is 278 g/mol. The molecular formula is C15H19FN2O2. The number of likely N-dealkylation sites (N-methyl/N-ethyl adjacent to an activating group) is 1. The van der Waals surface area contributed by atoms with Crippen LogP contribution >= 0.6 is 0 Å². The van der Waals surface area contributed by atoms with E-state index in [9.17, 15) is 14.0 Å². The number of hydrogen-bond acceptors (Lipinski definition) is 3. The van der Waals surface area contributed by atoms with Crippen molar-refractivity contribution in [1.82, 2.24) is 9.80 Å². The molecule has 0 aromatic heterocycles. The van der Waals surface area contributed by atoms with Gasteiger partial charge in [0.1, 0.15) is 5.82 Å². The van der Waals surface area contributed by atoms with E-state index in [0.29, 0.717) is 18.7 Å². The Kier molecular flexibility index (Phi) is 3.90. The summed E-state index contributed by atoms with van der Waals surface area (Å²) in [6.45, 7) is 4.97.